The third-order valence-electron chi connectivity index (χ3n) is 3.87. The van der Waals surface area contributed by atoms with E-state index in [9.17, 15) is 9.90 Å². The number of aromatic nitrogens is 2. The number of nitrogens with one attached hydrogen (secondary N) is 1. The number of rotatable bonds is 2. The smallest absolute Gasteiger partial charge is 0.349 e. The number of nitrogens with zero attached hydrogens (tertiary/aromatic N) is 1. The number of fused-ring (bicyclic) bond motifs is 1. The molecule has 2 N–H and O–H groups in total. The summed E-state index contributed by atoms with van der Waals surface area (Å²) in [6.45, 7) is 0. The molecule has 2 aromatic heterocycles. The molecular formula is C19H12N2O3S. The monoisotopic (exact) mass is 348 g/mol. The van der Waals surface area contributed by atoms with E-state index in [-0.39, 0.29) is 16.1 Å². The summed E-state index contributed by atoms with van der Waals surface area (Å²) in [4.78, 5) is 19.6. The highest BCUT2D eigenvalue weighted by atomic mass is 32.1. The first-order valence-corrected chi connectivity index (χ1v) is 7.96. The summed E-state index contributed by atoms with van der Waals surface area (Å²) in [6, 6.07) is 17.9. The standard InChI is InChI=1S/C19H12N2O3S/c22-17-12-8-4-5-9-15(12)24-18(23)16(17)14-10-13(20-19(25)21-14)11-6-2-1-3-7-11/h1-10,22H,(H,20,21,25). The van der Waals surface area contributed by atoms with E-state index in [1.807, 2.05) is 30.3 Å². The Morgan fingerprint density at radius 3 is 2.56 bits per heavy atom. The van der Waals surface area contributed by atoms with Crippen molar-refractivity contribution in [3.63, 3.8) is 0 Å². The molecule has 0 saturated heterocycles. The van der Waals surface area contributed by atoms with Crippen molar-refractivity contribution < 1.29 is 9.52 Å². The van der Waals surface area contributed by atoms with Crippen LogP contribution in [0.15, 0.2) is 69.9 Å². The van der Waals surface area contributed by atoms with Crippen LogP contribution in [0.3, 0.4) is 0 Å². The van der Waals surface area contributed by atoms with E-state index >= 15 is 0 Å². The number of benzene rings is 2. The molecular weight excluding hydrogens is 336 g/mol. The molecule has 0 fully saturated rings. The van der Waals surface area contributed by atoms with Gasteiger partial charge in [0.2, 0.25) is 0 Å². The van der Waals surface area contributed by atoms with Crippen LogP contribution in [0.2, 0.25) is 0 Å². The second-order valence-corrected chi connectivity index (χ2v) is 5.85. The summed E-state index contributed by atoms with van der Waals surface area (Å²) in [5.41, 5.74) is 1.52. The van der Waals surface area contributed by atoms with Crippen LogP contribution in [0.1, 0.15) is 0 Å². The summed E-state index contributed by atoms with van der Waals surface area (Å²) < 4.78 is 5.53. The summed E-state index contributed by atoms with van der Waals surface area (Å²) in [7, 11) is 0. The van der Waals surface area contributed by atoms with Gasteiger partial charge in [-0.2, -0.15) is 0 Å². The van der Waals surface area contributed by atoms with Crippen LogP contribution in [0, 0.1) is 4.77 Å². The average Bonchev–Trinajstić information content (AvgIpc) is 2.62. The average molecular weight is 348 g/mol. The first kappa shape index (κ1) is 15.3. The molecule has 2 heterocycles. The molecule has 0 aliphatic heterocycles. The molecule has 0 bridgehead atoms. The van der Waals surface area contributed by atoms with E-state index in [1.165, 1.54) is 0 Å². The zero-order chi connectivity index (χ0) is 17.4. The topological polar surface area (TPSA) is 79.1 Å². The summed E-state index contributed by atoms with van der Waals surface area (Å²) in [5.74, 6) is -0.150. The quantitative estimate of drug-likeness (QED) is 0.417. The van der Waals surface area contributed by atoms with Gasteiger partial charge in [0.25, 0.3) is 0 Å². The van der Waals surface area contributed by atoms with Crippen LogP contribution in [0.4, 0.5) is 0 Å². The largest absolute Gasteiger partial charge is 0.506 e. The highest BCUT2D eigenvalue weighted by Gasteiger charge is 2.17. The van der Waals surface area contributed by atoms with Crippen molar-refractivity contribution in [2.45, 2.75) is 0 Å². The third-order valence-corrected chi connectivity index (χ3v) is 4.06. The maximum absolute atomic E-state index is 12.4. The van der Waals surface area contributed by atoms with Crippen LogP contribution >= 0.6 is 12.2 Å². The van der Waals surface area contributed by atoms with Gasteiger partial charge in [0.15, 0.2) is 4.77 Å². The van der Waals surface area contributed by atoms with Gasteiger partial charge in [-0.15, -0.1) is 0 Å². The Labute approximate surface area is 147 Å². The van der Waals surface area contributed by atoms with Gasteiger partial charge < -0.3 is 14.5 Å². The predicted octanol–water partition coefficient (Wildman–Crippen LogP) is 4.29. The number of aromatic amines is 1. The number of hydrogen-bond acceptors (Lipinski definition) is 5. The molecule has 2 aromatic carbocycles. The van der Waals surface area contributed by atoms with Crippen molar-refractivity contribution in [3.05, 3.63) is 75.9 Å². The van der Waals surface area contributed by atoms with Crippen molar-refractivity contribution in [2.75, 3.05) is 0 Å². The molecule has 6 heteroatoms. The molecule has 0 aliphatic rings. The van der Waals surface area contributed by atoms with Crippen LogP contribution in [-0.2, 0) is 0 Å². The van der Waals surface area contributed by atoms with Crippen LogP contribution in [-0.4, -0.2) is 15.1 Å². The Morgan fingerprint density at radius 1 is 1.04 bits per heavy atom. The molecule has 122 valence electrons. The fourth-order valence-electron chi connectivity index (χ4n) is 2.72. The molecule has 0 radical (unpaired) electrons. The van der Waals surface area contributed by atoms with E-state index < -0.39 is 5.63 Å². The Hall–Kier alpha value is -3.25. The zero-order valence-electron chi connectivity index (χ0n) is 12.9. The molecule has 4 rings (SSSR count). The molecule has 0 amide bonds. The maximum Gasteiger partial charge on any atom is 0.349 e. The van der Waals surface area contributed by atoms with Gasteiger partial charge in [0.05, 0.1) is 16.8 Å². The molecule has 5 nitrogen and oxygen atoms in total. The Balaban J connectivity index is 2.00. The molecule has 25 heavy (non-hydrogen) atoms. The number of hydrogen-bond donors (Lipinski definition) is 2. The molecule has 0 saturated carbocycles. The highest BCUT2D eigenvalue weighted by molar-refractivity contribution is 7.71. The van der Waals surface area contributed by atoms with Crippen LogP contribution < -0.4 is 5.63 Å². The summed E-state index contributed by atoms with van der Waals surface area (Å²) in [6.07, 6.45) is 0. The molecule has 4 aromatic rings. The van der Waals surface area contributed by atoms with E-state index in [4.69, 9.17) is 16.6 Å². The minimum atomic E-state index is -0.646. The first-order chi connectivity index (χ1) is 12.1. The maximum atomic E-state index is 12.4. The molecule has 0 unspecified atom stereocenters. The van der Waals surface area contributed by atoms with Crippen molar-refractivity contribution in [1.82, 2.24) is 9.97 Å². The van der Waals surface area contributed by atoms with Gasteiger partial charge >= 0.3 is 5.63 Å². The second kappa shape index (κ2) is 5.99. The van der Waals surface area contributed by atoms with Gasteiger partial charge in [-0.25, -0.2) is 9.78 Å². The normalized spacial score (nSPS) is 10.9. The highest BCUT2D eigenvalue weighted by Crippen LogP contribution is 2.33. The summed E-state index contributed by atoms with van der Waals surface area (Å²) in [5, 5.41) is 11.1. The van der Waals surface area contributed by atoms with Gasteiger partial charge in [0.1, 0.15) is 16.9 Å². The van der Waals surface area contributed by atoms with Gasteiger partial charge in [-0.1, -0.05) is 42.5 Å². The van der Waals surface area contributed by atoms with E-state index in [1.54, 1.807) is 30.3 Å². The fraction of sp³-hybridized carbons (Fsp3) is 0. The minimum absolute atomic E-state index is 0.0318. The number of para-hydroxylation sites is 1. The van der Waals surface area contributed by atoms with Gasteiger partial charge in [0, 0.05) is 5.56 Å². The Kier molecular flexibility index (Phi) is 3.66. The van der Waals surface area contributed by atoms with Crippen molar-refractivity contribution in [3.8, 4) is 28.3 Å². The van der Waals surface area contributed by atoms with Crippen LogP contribution in [0.5, 0.6) is 5.75 Å². The van der Waals surface area contributed by atoms with Crippen molar-refractivity contribution in [1.29, 1.82) is 0 Å². The van der Waals surface area contributed by atoms with E-state index in [0.29, 0.717) is 22.4 Å². The van der Waals surface area contributed by atoms with E-state index in [0.717, 1.165) is 5.56 Å². The lowest BCUT2D eigenvalue weighted by Gasteiger charge is -2.08. The van der Waals surface area contributed by atoms with Crippen molar-refractivity contribution >= 4 is 23.2 Å². The summed E-state index contributed by atoms with van der Waals surface area (Å²) >= 11 is 5.19. The zero-order valence-corrected chi connectivity index (χ0v) is 13.7. The van der Waals surface area contributed by atoms with E-state index in [2.05, 4.69) is 9.97 Å². The van der Waals surface area contributed by atoms with Crippen LogP contribution in [0.25, 0.3) is 33.5 Å². The SMILES string of the molecule is O=c1oc2ccccc2c(O)c1-c1cc(-c2ccccc2)nc(=S)[nH]1. The molecule has 0 aliphatic carbocycles. The second-order valence-electron chi connectivity index (χ2n) is 5.46. The first-order valence-electron chi connectivity index (χ1n) is 7.55. The lowest BCUT2D eigenvalue weighted by atomic mass is 10.1. The van der Waals surface area contributed by atoms with Crippen molar-refractivity contribution in [2.24, 2.45) is 0 Å². The molecule has 0 spiro atoms. The lowest BCUT2D eigenvalue weighted by molar-refractivity contribution is 0.471. The Morgan fingerprint density at radius 2 is 1.76 bits per heavy atom. The minimum Gasteiger partial charge on any atom is -0.506 e. The molecule has 0 atom stereocenters. The Bertz CT molecular complexity index is 1200. The third kappa shape index (κ3) is 2.72. The van der Waals surface area contributed by atoms with Gasteiger partial charge in [-0.05, 0) is 30.4 Å². The number of aromatic hydroxyl groups is 1. The predicted molar refractivity (Wildman–Crippen MR) is 98.0 cm³/mol. The number of H-pyrrole nitrogens is 1. The van der Waals surface area contributed by atoms with Gasteiger partial charge in [-0.3, -0.25) is 0 Å². The lowest BCUT2D eigenvalue weighted by Crippen LogP contribution is -2.05. The fourth-order valence-corrected chi connectivity index (χ4v) is 2.93.